The first kappa shape index (κ1) is 23.9. The quantitative estimate of drug-likeness (QED) is 0.500. The lowest BCUT2D eigenvalue weighted by atomic mass is 9.51. The molecular weight excluding hydrogens is 456 g/mol. The molecule has 190 valence electrons. The molecule has 0 bridgehead atoms. The molecule has 1 aromatic carbocycles. The molecule has 1 N–H and O–H groups in total. The van der Waals surface area contributed by atoms with Gasteiger partial charge in [0.2, 0.25) is 0 Å². The van der Waals surface area contributed by atoms with Crippen molar-refractivity contribution in [1.29, 1.82) is 0 Å². The highest BCUT2D eigenvalue weighted by atomic mass is 19.1. The van der Waals surface area contributed by atoms with Crippen LogP contribution in [0.15, 0.2) is 34.9 Å². The van der Waals surface area contributed by atoms with Crippen molar-refractivity contribution in [2.24, 2.45) is 17.3 Å². The Bertz CT molecular complexity index is 1220. The number of allylic oxidation sites excluding steroid dienone is 4. The van der Waals surface area contributed by atoms with Gasteiger partial charge in [0.25, 0.3) is 0 Å². The Morgan fingerprint density at radius 3 is 2.50 bits per heavy atom. The van der Waals surface area contributed by atoms with E-state index in [1.165, 1.54) is 12.1 Å². The third-order valence-electron chi connectivity index (χ3n) is 10.1. The number of hydrogen-bond acceptors (Lipinski definition) is 3. The van der Waals surface area contributed by atoms with Gasteiger partial charge in [0.1, 0.15) is 17.2 Å². The van der Waals surface area contributed by atoms with Gasteiger partial charge in [-0.05, 0) is 99.5 Å². The van der Waals surface area contributed by atoms with Crippen LogP contribution < -0.4 is 4.90 Å². The van der Waals surface area contributed by atoms with Crippen LogP contribution in [0.1, 0.15) is 83.1 Å². The molecule has 0 unspecified atom stereocenters. The van der Waals surface area contributed by atoms with Gasteiger partial charge < -0.3 is 10.0 Å². The topological polar surface area (TPSA) is 40.5 Å². The Morgan fingerprint density at radius 2 is 1.81 bits per heavy atom. The number of hydrogen-bond donors (Lipinski definition) is 1. The molecule has 1 aliphatic heterocycles. The predicted octanol–water partition coefficient (Wildman–Crippen LogP) is 6.22. The van der Waals surface area contributed by atoms with E-state index in [-0.39, 0.29) is 23.2 Å². The van der Waals surface area contributed by atoms with Crippen molar-refractivity contribution in [3.8, 4) is 11.8 Å². The summed E-state index contributed by atoms with van der Waals surface area (Å²) >= 11 is 0. The smallest absolute Gasteiger partial charge is 0.156 e. The van der Waals surface area contributed by atoms with Crippen molar-refractivity contribution in [1.82, 2.24) is 0 Å². The number of nitrogens with zero attached hydrogens (tertiary/aromatic N) is 1. The van der Waals surface area contributed by atoms with Crippen molar-refractivity contribution in [2.45, 2.75) is 83.2 Å². The fraction of sp³-hybridized carbons (Fsp3) is 0.581. The number of aliphatic hydroxyl groups is 1. The van der Waals surface area contributed by atoms with E-state index in [2.05, 4.69) is 23.7 Å². The van der Waals surface area contributed by atoms with Gasteiger partial charge in [0.15, 0.2) is 5.78 Å². The Hall–Kier alpha value is -2.45. The lowest BCUT2D eigenvalue weighted by Crippen LogP contribution is -2.51. The van der Waals surface area contributed by atoms with Crippen molar-refractivity contribution in [3.05, 3.63) is 52.1 Å². The highest BCUT2D eigenvalue weighted by molar-refractivity contribution is 5.93. The summed E-state index contributed by atoms with van der Waals surface area (Å²) in [7, 11) is 0. The summed E-state index contributed by atoms with van der Waals surface area (Å²) in [5.41, 5.74) is 2.35. The van der Waals surface area contributed by atoms with Gasteiger partial charge in [0.05, 0.1) is 0 Å². The van der Waals surface area contributed by atoms with Crippen LogP contribution in [0.25, 0.3) is 0 Å². The minimum absolute atomic E-state index is 0.127. The maximum absolute atomic E-state index is 16.0. The molecule has 2 saturated carbocycles. The molecule has 3 fully saturated rings. The SMILES string of the molecule is CC#C[C@]1(O)CC[C@H]2[C@@H]3CCC4=CC(=O)CCC4=C3[C@@H](c3c(F)cc(N4CCCC4)cc3F)C[C@@]21C. The number of rotatable bonds is 2. The summed E-state index contributed by atoms with van der Waals surface area (Å²) in [5, 5.41) is 11.8. The zero-order valence-corrected chi connectivity index (χ0v) is 21.3. The first-order valence-corrected chi connectivity index (χ1v) is 13.6. The molecule has 5 atom stereocenters. The maximum atomic E-state index is 16.0. The van der Waals surface area contributed by atoms with Gasteiger partial charge in [-0.2, -0.15) is 0 Å². The molecule has 0 radical (unpaired) electrons. The third-order valence-corrected chi connectivity index (χ3v) is 10.1. The molecule has 1 heterocycles. The average Bonchev–Trinajstić information content (AvgIpc) is 3.45. The van der Waals surface area contributed by atoms with E-state index in [1.54, 1.807) is 13.0 Å². The zero-order valence-electron chi connectivity index (χ0n) is 21.3. The Balaban J connectivity index is 1.53. The number of carbonyl (C=O) groups is 1. The number of carbonyl (C=O) groups excluding carboxylic acids is 1. The van der Waals surface area contributed by atoms with Crippen molar-refractivity contribution in [3.63, 3.8) is 0 Å². The number of ketones is 1. The number of halogens is 2. The molecule has 5 aliphatic rings. The lowest BCUT2D eigenvalue weighted by Gasteiger charge is -2.53. The molecule has 0 amide bonds. The monoisotopic (exact) mass is 491 g/mol. The second-order valence-electron chi connectivity index (χ2n) is 11.8. The second-order valence-corrected chi connectivity index (χ2v) is 11.8. The van der Waals surface area contributed by atoms with Crippen LogP contribution in [0, 0.1) is 40.7 Å². The van der Waals surface area contributed by atoms with Gasteiger partial charge in [0, 0.05) is 42.1 Å². The normalized spacial score (nSPS) is 35.6. The molecule has 4 aliphatic carbocycles. The summed E-state index contributed by atoms with van der Waals surface area (Å²) in [6.45, 7) is 5.48. The van der Waals surface area contributed by atoms with E-state index in [1.807, 2.05) is 0 Å². The van der Waals surface area contributed by atoms with Gasteiger partial charge in [-0.25, -0.2) is 8.78 Å². The van der Waals surface area contributed by atoms with Crippen LogP contribution in [-0.2, 0) is 4.79 Å². The first-order chi connectivity index (χ1) is 17.3. The zero-order chi connectivity index (χ0) is 25.2. The van der Waals surface area contributed by atoms with E-state index >= 15 is 8.78 Å². The Labute approximate surface area is 212 Å². The summed E-state index contributed by atoms with van der Waals surface area (Å²) in [5.74, 6) is 5.06. The van der Waals surface area contributed by atoms with Crippen LogP contribution in [0.3, 0.4) is 0 Å². The van der Waals surface area contributed by atoms with Crippen molar-refractivity contribution >= 4 is 11.5 Å². The number of fused-ring (bicyclic) bond motifs is 4. The molecule has 0 spiro atoms. The van der Waals surface area contributed by atoms with Crippen LogP contribution in [0.5, 0.6) is 0 Å². The summed E-state index contributed by atoms with van der Waals surface area (Å²) in [4.78, 5) is 14.3. The highest BCUT2D eigenvalue weighted by Gasteiger charge is 2.63. The first-order valence-electron chi connectivity index (χ1n) is 13.6. The fourth-order valence-electron chi connectivity index (χ4n) is 8.40. The average molecular weight is 492 g/mol. The summed E-state index contributed by atoms with van der Waals surface area (Å²) in [6.07, 6.45) is 8.49. The van der Waals surface area contributed by atoms with E-state index in [9.17, 15) is 9.90 Å². The molecule has 6 rings (SSSR count). The van der Waals surface area contributed by atoms with Crippen molar-refractivity contribution < 1.29 is 18.7 Å². The molecule has 5 heteroatoms. The minimum Gasteiger partial charge on any atom is -0.377 e. The Morgan fingerprint density at radius 1 is 1.08 bits per heavy atom. The van der Waals surface area contributed by atoms with E-state index in [0.29, 0.717) is 31.4 Å². The standard InChI is InChI=1S/C31H35F2NO2/c1-3-11-31(36)12-10-25-23-8-6-19-15-21(35)7-9-22(19)28(23)24(18-30(25,31)2)29-26(32)16-20(17-27(29)33)34-13-4-5-14-34/h15-17,23-25,36H,4-10,12-14,18H2,1-2H3/t23-,24-,25-,30-,31-/m0/s1. The largest absolute Gasteiger partial charge is 0.377 e. The highest BCUT2D eigenvalue weighted by Crippen LogP contribution is 2.67. The van der Waals surface area contributed by atoms with Crippen LogP contribution in [0.2, 0.25) is 0 Å². The molecule has 36 heavy (non-hydrogen) atoms. The summed E-state index contributed by atoms with van der Waals surface area (Å²) < 4.78 is 31.9. The minimum atomic E-state index is -1.16. The molecular formula is C31H35F2NO2. The van der Waals surface area contributed by atoms with Crippen LogP contribution in [0.4, 0.5) is 14.5 Å². The second kappa shape index (κ2) is 8.55. The van der Waals surface area contributed by atoms with Gasteiger partial charge in [-0.15, -0.1) is 5.92 Å². The van der Waals surface area contributed by atoms with E-state index < -0.39 is 28.6 Å². The number of benzene rings is 1. The molecule has 1 aromatic rings. The van der Waals surface area contributed by atoms with Crippen LogP contribution >= 0.6 is 0 Å². The summed E-state index contributed by atoms with van der Waals surface area (Å²) in [6, 6.07) is 3.02. The molecule has 0 aromatic heterocycles. The lowest BCUT2D eigenvalue weighted by molar-refractivity contribution is -0.114. The number of anilines is 1. The fourth-order valence-corrected chi connectivity index (χ4v) is 8.40. The van der Waals surface area contributed by atoms with Gasteiger partial charge >= 0.3 is 0 Å². The third kappa shape index (κ3) is 3.44. The van der Waals surface area contributed by atoms with E-state index in [0.717, 1.165) is 61.9 Å². The van der Waals surface area contributed by atoms with Crippen LogP contribution in [-0.4, -0.2) is 29.6 Å². The van der Waals surface area contributed by atoms with Gasteiger partial charge in [-0.3, -0.25) is 4.79 Å². The van der Waals surface area contributed by atoms with Gasteiger partial charge in [-0.1, -0.05) is 18.4 Å². The maximum Gasteiger partial charge on any atom is 0.156 e. The van der Waals surface area contributed by atoms with E-state index in [4.69, 9.17) is 0 Å². The molecule has 3 nitrogen and oxygen atoms in total. The van der Waals surface area contributed by atoms with Crippen molar-refractivity contribution in [2.75, 3.05) is 18.0 Å². The Kier molecular flexibility index (Phi) is 5.68. The predicted molar refractivity (Wildman–Crippen MR) is 136 cm³/mol. The molecule has 1 saturated heterocycles.